The summed E-state index contributed by atoms with van der Waals surface area (Å²) in [6.45, 7) is 0.835. The van der Waals surface area contributed by atoms with Gasteiger partial charge in [-0.25, -0.2) is 0 Å². The van der Waals surface area contributed by atoms with E-state index >= 15 is 0 Å². The fourth-order valence-electron chi connectivity index (χ4n) is 2.75. The minimum Gasteiger partial charge on any atom is -0.369 e. The zero-order chi connectivity index (χ0) is 12.6. The largest absolute Gasteiger partial charge is 0.369 e. The molecule has 2 heterocycles. The van der Waals surface area contributed by atoms with Gasteiger partial charge in [-0.1, -0.05) is 15.9 Å². The average Bonchev–Trinajstić information content (AvgIpc) is 2.69. The normalized spacial score (nSPS) is 27.6. The molecule has 1 aromatic carbocycles. The Morgan fingerprint density at radius 3 is 2.78 bits per heavy atom. The number of halogens is 1. The summed E-state index contributed by atoms with van der Waals surface area (Å²) in [6, 6.07) is 8.34. The van der Waals surface area contributed by atoms with Crippen LogP contribution < -0.4 is 10.6 Å². The molecule has 0 bridgehead atoms. The van der Waals surface area contributed by atoms with Crippen molar-refractivity contribution in [1.29, 1.82) is 0 Å². The van der Waals surface area contributed by atoms with Crippen LogP contribution in [0.4, 0.5) is 5.69 Å². The topological polar surface area (TPSA) is 41.6 Å². The van der Waals surface area contributed by atoms with E-state index in [-0.39, 0.29) is 5.54 Å². The Morgan fingerprint density at radius 1 is 1.33 bits per heavy atom. The van der Waals surface area contributed by atoms with Crippen molar-refractivity contribution in [2.75, 3.05) is 23.0 Å². The zero-order valence-corrected chi connectivity index (χ0v) is 12.5. The summed E-state index contributed by atoms with van der Waals surface area (Å²) in [4.78, 5) is 6.73. The van der Waals surface area contributed by atoms with Gasteiger partial charge in [-0.15, -0.1) is 0 Å². The number of anilines is 1. The smallest absolute Gasteiger partial charge is 0.196 e. The Kier molecular flexibility index (Phi) is 3.28. The van der Waals surface area contributed by atoms with E-state index in [9.17, 15) is 0 Å². The molecule has 2 aliphatic heterocycles. The molecule has 0 aliphatic carbocycles. The molecule has 2 N–H and O–H groups in total. The standard InChI is InChI=1S/C13H16BrN3S/c14-10-2-4-11(5-3-10)17-12(15)16-8-13(17)6-1-7-18-9-13/h2-5H,1,6-9H2,(H2,15,16). The third-order valence-corrected chi connectivity index (χ3v) is 5.47. The van der Waals surface area contributed by atoms with Crippen LogP contribution in [-0.4, -0.2) is 29.5 Å². The Morgan fingerprint density at radius 2 is 2.11 bits per heavy atom. The van der Waals surface area contributed by atoms with Crippen molar-refractivity contribution in [3.8, 4) is 0 Å². The second-order valence-electron chi connectivity index (χ2n) is 4.87. The summed E-state index contributed by atoms with van der Waals surface area (Å²) in [7, 11) is 0. The highest BCUT2D eigenvalue weighted by atomic mass is 79.9. The lowest BCUT2D eigenvalue weighted by Gasteiger charge is -2.41. The van der Waals surface area contributed by atoms with Gasteiger partial charge in [-0.3, -0.25) is 4.99 Å². The maximum absolute atomic E-state index is 6.11. The zero-order valence-electron chi connectivity index (χ0n) is 10.1. The van der Waals surface area contributed by atoms with Crippen molar-refractivity contribution in [3.05, 3.63) is 28.7 Å². The first-order valence-corrected chi connectivity index (χ1v) is 8.10. The van der Waals surface area contributed by atoms with Crippen LogP contribution in [0.1, 0.15) is 12.8 Å². The van der Waals surface area contributed by atoms with Crippen LogP contribution in [0.3, 0.4) is 0 Å². The first-order chi connectivity index (χ1) is 8.71. The molecule has 1 atom stereocenters. The lowest BCUT2D eigenvalue weighted by molar-refractivity contribution is 0.457. The number of nitrogens with zero attached hydrogens (tertiary/aromatic N) is 2. The Labute approximate surface area is 120 Å². The molecular weight excluding hydrogens is 310 g/mol. The second kappa shape index (κ2) is 4.78. The molecule has 18 heavy (non-hydrogen) atoms. The molecular formula is C13H16BrN3S. The maximum Gasteiger partial charge on any atom is 0.196 e. The van der Waals surface area contributed by atoms with E-state index in [0.29, 0.717) is 5.96 Å². The van der Waals surface area contributed by atoms with Crippen molar-refractivity contribution in [2.24, 2.45) is 10.7 Å². The van der Waals surface area contributed by atoms with Crippen LogP contribution in [0, 0.1) is 0 Å². The summed E-state index contributed by atoms with van der Waals surface area (Å²) in [5.41, 5.74) is 7.37. The van der Waals surface area contributed by atoms with Crippen LogP contribution in [0.25, 0.3) is 0 Å². The van der Waals surface area contributed by atoms with Crippen LogP contribution >= 0.6 is 27.7 Å². The van der Waals surface area contributed by atoms with E-state index < -0.39 is 0 Å². The molecule has 1 spiro atoms. The number of thioether (sulfide) groups is 1. The van der Waals surface area contributed by atoms with Crippen molar-refractivity contribution in [1.82, 2.24) is 0 Å². The minimum absolute atomic E-state index is 0.112. The van der Waals surface area contributed by atoms with E-state index in [2.05, 4.69) is 50.1 Å². The molecule has 1 unspecified atom stereocenters. The van der Waals surface area contributed by atoms with Crippen LogP contribution in [-0.2, 0) is 0 Å². The predicted molar refractivity (Wildman–Crippen MR) is 82.4 cm³/mol. The number of aliphatic imine (C=N–C) groups is 1. The van der Waals surface area contributed by atoms with Gasteiger partial charge >= 0.3 is 0 Å². The Bertz CT molecular complexity index is 466. The summed E-state index contributed by atoms with van der Waals surface area (Å²) in [5, 5.41) is 0. The highest BCUT2D eigenvalue weighted by Crippen LogP contribution is 2.38. The van der Waals surface area contributed by atoms with Gasteiger partial charge in [0.1, 0.15) is 0 Å². The highest BCUT2D eigenvalue weighted by molar-refractivity contribution is 9.10. The van der Waals surface area contributed by atoms with Gasteiger partial charge in [0.05, 0.1) is 12.1 Å². The molecule has 3 rings (SSSR count). The molecule has 5 heteroatoms. The van der Waals surface area contributed by atoms with Crippen molar-refractivity contribution >= 4 is 39.3 Å². The van der Waals surface area contributed by atoms with Gasteiger partial charge in [0.25, 0.3) is 0 Å². The van der Waals surface area contributed by atoms with Crippen molar-refractivity contribution in [3.63, 3.8) is 0 Å². The molecule has 1 aromatic rings. The van der Waals surface area contributed by atoms with E-state index in [4.69, 9.17) is 5.73 Å². The summed E-state index contributed by atoms with van der Waals surface area (Å²) in [6.07, 6.45) is 2.43. The van der Waals surface area contributed by atoms with Gasteiger partial charge in [-0.2, -0.15) is 11.8 Å². The molecule has 3 nitrogen and oxygen atoms in total. The van der Waals surface area contributed by atoms with Crippen LogP contribution in [0.15, 0.2) is 33.7 Å². The lowest BCUT2D eigenvalue weighted by atomic mass is 9.94. The number of nitrogens with two attached hydrogens (primary N) is 1. The summed E-state index contributed by atoms with van der Waals surface area (Å²) in [5.74, 6) is 3.04. The predicted octanol–water partition coefficient (Wildman–Crippen LogP) is 2.85. The van der Waals surface area contributed by atoms with E-state index in [1.807, 2.05) is 11.8 Å². The SMILES string of the molecule is NC1=NCC2(CCCSC2)N1c1ccc(Br)cc1. The quantitative estimate of drug-likeness (QED) is 0.863. The molecule has 96 valence electrons. The fourth-order valence-corrected chi connectivity index (χ4v) is 4.25. The number of benzene rings is 1. The number of rotatable bonds is 1. The molecule has 0 radical (unpaired) electrons. The molecule has 1 saturated heterocycles. The Balaban J connectivity index is 1.96. The molecule has 1 fully saturated rings. The monoisotopic (exact) mass is 325 g/mol. The summed E-state index contributed by atoms with van der Waals surface area (Å²) < 4.78 is 1.09. The minimum atomic E-state index is 0.112. The number of guanidine groups is 1. The number of hydrogen-bond acceptors (Lipinski definition) is 4. The van der Waals surface area contributed by atoms with E-state index in [1.165, 1.54) is 18.6 Å². The number of hydrogen-bond donors (Lipinski definition) is 1. The van der Waals surface area contributed by atoms with Crippen molar-refractivity contribution in [2.45, 2.75) is 18.4 Å². The molecule has 0 amide bonds. The average molecular weight is 326 g/mol. The molecule has 2 aliphatic rings. The van der Waals surface area contributed by atoms with Gasteiger partial charge < -0.3 is 10.6 Å². The second-order valence-corrected chi connectivity index (χ2v) is 6.89. The maximum atomic E-state index is 6.11. The van der Waals surface area contributed by atoms with Gasteiger partial charge in [0, 0.05) is 15.9 Å². The third-order valence-electron chi connectivity index (χ3n) is 3.63. The van der Waals surface area contributed by atoms with E-state index in [1.54, 1.807) is 0 Å². The molecule has 0 aromatic heterocycles. The fraction of sp³-hybridized carbons (Fsp3) is 0.462. The van der Waals surface area contributed by atoms with Crippen molar-refractivity contribution < 1.29 is 0 Å². The summed E-state index contributed by atoms with van der Waals surface area (Å²) >= 11 is 5.49. The van der Waals surface area contributed by atoms with Gasteiger partial charge in [-0.05, 0) is 42.9 Å². The lowest BCUT2D eigenvalue weighted by Crippen LogP contribution is -2.55. The van der Waals surface area contributed by atoms with E-state index in [0.717, 1.165) is 22.5 Å². The third kappa shape index (κ3) is 2.03. The van der Waals surface area contributed by atoms with Gasteiger partial charge in [0.15, 0.2) is 5.96 Å². The van der Waals surface area contributed by atoms with Crippen LogP contribution in [0.2, 0.25) is 0 Å². The highest BCUT2D eigenvalue weighted by Gasteiger charge is 2.44. The first-order valence-electron chi connectivity index (χ1n) is 6.15. The molecule has 0 saturated carbocycles. The Hall–Kier alpha value is -0.680. The van der Waals surface area contributed by atoms with Gasteiger partial charge in [0.2, 0.25) is 0 Å². The first kappa shape index (κ1) is 12.4. The van der Waals surface area contributed by atoms with Crippen LogP contribution in [0.5, 0.6) is 0 Å².